The lowest BCUT2D eigenvalue weighted by Crippen LogP contribution is -2.49. The summed E-state index contributed by atoms with van der Waals surface area (Å²) in [5, 5.41) is 2.98. The van der Waals surface area contributed by atoms with Crippen molar-refractivity contribution in [3.63, 3.8) is 0 Å². The van der Waals surface area contributed by atoms with E-state index in [2.05, 4.69) is 21.2 Å². The van der Waals surface area contributed by atoms with E-state index in [1.165, 1.54) is 0 Å². The molecule has 1 aromatic carbocycles. The predicted molar refractivity (Wildman–Crippen MR) is 90.5 cm³/mol. The predicted octanol–water partition coefficient (Wildman–Crippen LogP) is 2.90. The molecule has 1 atom stereocenters. The van der Waals surface area contributed by atoms with Gasteiger partial charge >= 0.3 is 0 Å². The highest BCUT2D eigenvalue weighted by Crippen LogP contribution is 2.40. The molecular formula is C16H18BrNO3S. The van der Waals surface area contributed by atoms with Crippen molar-refractivity contribution in [1.29, 1.82) is 0 Å². The Morgan fingerprint density at radius 1 is 1.36 bits per heavy atom. The molecule has 2 aliphatic heterocycles. The van der Waals surface area contributed by atoms with Crippen LogP contribution in [-0.4, -0.2) is 35.3 Å². The number of ketones is 1. The molecule has 1 aromatic rings. The van der Waals surface area contributed by atoms with Crippen molar-refractivity contribution in [1.82, 2.24) is 5.32 Å². The van der Waals surface area contributed by atoms with Gasteiger partial charge in [-0.2, -0.15) is 11.8 Å². The Labute approximate surface area is 142 Å². The smallest absolute Gasteiger partial charge is 0.236 e. The monoisotopic (exact) mass is 383 g/mol. The van der Waals surface area contributed by atoms with E-state index in [1.807, 2.05) is 36.9 Å². The van der Waals surface area contributed by atoms with Gasteiger partial charge in [0.1, 0.15) is 17.2 Å². The normalized spacial score (nSPS) is 23.6. The zero-order valence-electron chi connectivity index (χ0n) is 12.4. The minimum absolute atomic E-state index is 0.0164. The first-order chi connectivity index (χ1) is 10.6. The molecule has 2 saturated heterocycles. The zero-order valence-corrected chi connectivity index (χ0v) is 14.8. The number of benzene rings is 1. The molecule has 2 aliphatic rings. The van der Waals surface area contributed by atoms with Crippen molar-refractivity contribution in [3.05, 3.63) is 28.2 Å². The number of Topliss-reactive ketones (excluding diaryl/α,β-unsaturated/α-hetero) is 1. The van der Waals surface area contributed by atoms with E-state index in [-0.39, 0.29) is 11.7 Å². The van der Waals surface area contributed by atoms with Crippen LogP contribution in [0.5, 0.6) is 5.75 Å². The van der Waals surface area contributed by atoms with Crippen molar-refractivity contribution < 1.29 is 14.3 Å². The number of carbonyl (C=O) groups excluding carboxylic acids is 2. The number of carbonyl (C=O) groups is 2. The SMILES string of the molecule is CCOc1ccc(C2C(=O)NC3(CCSCC3)C2=O)c(Br)c1. The van der Waals surface area contributed by atoms with Crippen LogP contribution in [-0.2, 0) is 9.59 Å². The number of hydrogen-bond donors (Lipinski definition) is 1. The van der Waals surface area contributed by atoms with E-state index >= 15 is 0 Å². The average Bonchev–Trinajstić information content (AvgIpc) is 2.72. The highest BCUT2D eigenvalue weighted by molar-refractivity contribution is 9.10. The summed E-state index contributed by atoms with van der Waals surface area (Å²) in [6.45, 7) is 2.50. The molecule has 1 spiro atoms. The number of nitrogens with one attached hydrogen (secondary N) is 1. The summed E-state index contributed by atoms with van der Waals surface area (Å²) in [4.78, 5) is 25.3. The molecule has 22 heavy (non-hydrogen) atoms. The average molecular weight is 384 g/mol. The molecule has 2 heterocycles. The van der Waals surface area contributed by atoms with E-state index in [0.717, 1.165) is 40.1 Å². The number of hydrogen-bond acceptors (Lipinski definition) is 4. The molecule has 0 aromatic heterocycles. The Morgan fingerprint density at radius 2 is 2.09 bits per heavy atom. The number of halogens is 1. The van der Waals surface area contributed by atoms with Gasteiger partial charge in [0.05, 0.1) is 6.61 Å². The fraction of sp³-hybridized carbons (Fsp3) is 0.500. The summed E-state index contributed by atoms with van der Waals surface area (Å²) < 4.78 is 6.19. The lowest BCUT2D eigenvalue weighted by Gasteiger charge is -2.31. The summed E-state index contributed by atoms with van der Waals surface area (Å²) >= 11 is 5.32. The number of ether oxygens (including phenoxy) is 1. The largest absolute Gasteiger partial charge is 0.494 e. The molecule has 1 N–H and O–H groups in total. The van der Waals surface area contributed by atoms with Gasteiger partial charge in [0, 0.05) is 4.47 Å². The fourth-order valence-corrected chi connectivity index (χ4v) is 4.91. The van der Waals surface area contributed by atoms with E-state index in [4.69, 9.17) is 4.74 Å². The molecule has 118 valence electrons. The summed E-state index contributed by atoms with van der Waals surface area (Å²) in [5.74, 6) is 1.69. The maximum Gasteiger partial charge on any atom is 0.236 e. The third-order valence-corrected chi connectivity index (χ3v) is 5.97. The molecule has 0 aliphatic carbocycles. The van der Waals surface area contributed by atoms with Crippen molar-refractivity contribution in [2.24, 2.45) is 0 Å². The molecule has 6 heteroatoms. The topological polar surface area (TPSA) is 55.4 Å². The molecule has 4 nitrogen and oxygen atoms in total. The first-order valence-electron chi connectivity index (χ1n) is 7.44. The summed E-state index contributed by atoms with van der Waals surface area (Å²) in [6, 6.07) is 5.45. The van der Waals surface area contributed by atoms with Gasteiger partial charge in [-0.25, -0.2) is 0 Å². The molecule has 2 fully saturated rings. The van der Waals surface area contributed by atoms with Gasteiger partial charge < -0.3 is 10.1 Å². The molecule has 1 amide bonds. The number of rotatable bonds is 3. The van der Waals surface area contributed by atoms with E-state index in [1.54, 1.807) is 0 Å². The van der Waals surface area contributed by atoms with Gasteiger partial charge in [-0.1, -0.05) is 22.0 Å². The molecule has 0 saturated carbocycles. The van der Waals surface area contributed by atoms with Crippen LogP contribution >= 0.6 is 27.7 Å². The Balaban J connectivity index is 1.91. The quantitative estimate of drug-likeness (QED) is 0.815. The molecule has 0 radical (unpaired) electrons. The van der Waals surface area contributed by atoms with Crippen LogP contribution in [0.1, 0.15) is 31.2 Å². The Hall–Kier alpha value is -1.01. The minimum atomic E-state index is -0.715. The standard InChI is InChI=1S/C16H18BrNO3S/c1-2-21-10-3-4-11(12(17)9-10)13-14(19)16(18-15(13)20)5-7-22-8-6-16/h3-4,9,13H,2,5-8H2,1H3,(H,18,20). The van der Waals surface area contributed by atoms with Crippen molar-refractivity contribution >= 4 is 39.4 Å². The summed E-state index contributed by atoms with van der Waals surface area (Å²) in [5.41, 5.74) is 0.0754. The Kier molecular flexibility index (Phi) is 4.50. The second kappa shape index (κ2) is 6.24. The van der Waals surface area contributed by atoms with Crippen LogP contribution in [0.2, 0.25) is 0 Å². The third-order valence-electron chi connectivity index (χ3n) is 4.30. The van der Waals surface area contributed by atoms with Crippen LogP contribution in [0, 0.1) is 0 Å². The maximum absolute atomic E-state index is 12.9. The van der Waals surface area contributed by atoms with E-state index in [0.29, 0.717) is 6.61 Å². The van der Waals surface area contributed by atoms with Crippen LogP contribution in [0.25, 0.3) is 0 Å². The van der Waals surface area contributed by atoms with Gasteiger partial charge in [0.15, 0.2) is 5.78 Å². The minimum Gasteiger partial charge on any atom is -0.494 e. The zero-order chi connectivity index (χ0) is 15.7. The van der Waals surface area contributed by atoms with Crippen LogP contribution in [0.3, 0.4) is 0 Å². The third kappa shape index (κ3) is 2.67. The lowest BCUT2D eigenvalue weighted by molar-refractivity contribution is -0.125. The van der Waals surface area contributed by atoms with Crippen molar-refractivity contribution in [3.8, 4) is 5.75 Å². The van der Waals surface area contributed by atoms with Crippen molar-refractivity contribution in [2.75, 3.05) is 18.1 Å². The lowest BCUT2D eigenvalue weighted by atomic mass is 9.83. The van der Waals surface area contributed by atoms with E-state index < -0.39 is 11.5 Å². The second-order valence-corrected chi connectivity index (χ2v) is 7.68. The summed E-state index contributed by atoms with van der Waals surface area (Å²) in [7, 11) is 0. The van der Waals surface area contributed by atoms with Gasteiger partial charge in [-0.05, 0) is 49.0 Å². The first-order valence-corrected chi connectivity index (χ1v) is 9.38. The van der Waals surface area contributed by atoms with E-state index in [9.17, 15) is 9.59 Å². The van der Waals surface area contributed by atoms with Gasteiger partial charge in [-0.15, -0.1) is 0 Å². The first kappa shape index (κ1) is 15.9. The van der Waals surface area contributed by atoms with Crippen molar-refractivity contribution in [2.45, 2.75) is 31.2 Å². The Bertz CT molecular complexity index is 613. The highest BCUT2D eigenvalue weighted by atomic mass is 79.9. The second-order valence-electron chi connectivity index (χ2n) is 5.60. The molecular weight excluding hydrogens is 366 g/mol. The molecule has 1 unspecified atom stereocenters. The number of amides is 1. The highest BCUT2D eigenvalue weighted by Gasteiger charge is 2.53. The van der Waals surface area contributed by atoms with Crippen LogP contribution < -0.4 is 10.1 Å². The molecule has 0 bridgehead atoms. The molecule has 3 rings (SSSR count). The van der Waals surface area contributed by atoms with Gasteiger partial charge in [0.25, 0.3) is 0 Å². The number of thioether (sulfide) groups is 1. The van der Waals surface area contributed by atoms with Gasteiger partial charge in [0.2, 0.25) is 5.91 Å². The van der Waals surface area contributed by atoms with Gasteiger partial charge in [-0.3, -0.25) is 9.59 Å². The van der Waals surface area contributed by atoms with Crippen LogP contribution in [0.15, 0.2) is 22.7 Å². The Morgan fingerprint density at radius 3 is 2.73 bits per heavy atom. The maximum atomic E-state index is 12.9. The summed E-state index contributed by atoms with van der Waals surface area (Å²) in [6.07, 6.45) is 1.46. The van der Waals surface area contributed by atoms with Crippen LogP contribution in [0.4, 0.5) is 0 Å². The fourth-order valence-electron chi connectivity index (χ4n) is 3.14.